The van der Waals surface area contributed by atoms with Gasteiger partial charge >= 0.3 is 0 Å². The summed E-state index contributed by atoms with van der Waals surface area (Å²) in [5, 5.41) is 9.19. The van der Waals surface area contributed by atoms with Crippen LogP contribution in [0, 0.1) is 5.82 Å². The Balaban J connectivity index is 1.57. The number of carbonyl (C=O) groups excluding carboxylic acids is 1. The van der Waals surface area contributed by atoms with Crippen molar-refractivity contribution < 1.29 is 18.7 Å². The molecular weight excluding hydrogens is 553 g/mol. The summed E-state index contributed by atoms with van der Waals surface area (Å²) in [5.74, 6) is 0.568. The average Bonchev–Trinajstić information content (AvgIpc) is 3.41. The van der Waals surface area contributed by atoms with Gasteiger partial charge in [-0.2, -0.15) is 0 Å². The molecule has 0 N–H and O–H groups in total. The van der Waals surface area contributed by atoms with Crippen LogP contribution in [0.25, 0.3) is 10.8 Å². The number of hydrogen-bond acceptors (Lipinski definition) is 6. The molecule has 5 aromatic rings. The summed E-state index contributed by atoms with van der Waals surface area (Å²) in [7, 11) is 1.56. The second-order valence-corrected chi connectivity index (χ2v) is 10.2. The van der Waals surface area contributed by atoms with Crippen LogP contribution in [0.1, 0.15) is 24.2 Å². The number of para-hydroxylation sites is 1. The maximum absolute atomic E-state index is 14.6. The number of halogens is 2. The minimum Gasteiger partial charge on any atom is -0.493 e. The molecule has 0 radical (unpaired) electrons. The average molecular weight is 580 g/mol. The normalized spacial score (nSPS) is 14.7. The van der Waals surface area contributed by atoms with E-state index in [1.54, 1.807) is 48.5 Å². The Hall–Kier alpha value is -4.88. The number of anilines is 2. The largest absolute Gasteiger partial charge is 0.493 e. The van der Waals surface area contributed by atoms with Gasteiger partial charge in [0, 0.05) is 28.5 Å². The minimum absolute atomic E-state index is 0.0254. The maximum Gasteiger partial charge on any atom is 0.198 e. The van der Waals surface area contributed by atoms with E-state index in [1.165, 1.54) is 13.0 Å². The van der Waals surface area contributed by atoms with Gasteiger partial charge < -0.3 is 9.47 Å². The van der Waals surface area contributed by atoms with E-state index in [9.17, 15) is 9.18 Å². The molecule has 1 aliphatic rings. The highest BCUT2D eigenvalue weighted by Crippen LogP contribution is 2.46. The maximum atomic E-state index is 14.6. The Morgan fingerprint density at radius 3 is 2.38 bits per heavy atom. The lowest BCUT2D eigenvalue weighted by molar-refractivity contribution is -0.111. The van der Waals surface area contributed by atoms with Crippen molar-refractivity contribution >= 4 is 45.4 Å². The van der Waals surface area contributed by atoms with Gasteiger partial charge in [0.05, 0.1) is 18.5 Å². The lowest BCUT2D eigenvalue weighted by atomic mass is 10.0. The van der Waals surface area contributed by atoms with Crippen LogP contribution < -0.4 is 19.4 Å². The minimum atomic E-state index is -0.665. The molecule has 210 valence electrons. The summed E-state index contributed by atoms with van der Waals surface area (Å²) < 4.78 is 26.6. The lowest BCUT2D eigenvalue weighted by Gasteiger charge is -2.34. The molecule has 8 heteroatoms. The van der Waals surface area contributed by atoms with Crippen LogP contribution in [0.15, 0.2) is 114 Å². The van der Waals surface area contributed by atoms with Gasteiger partial charge in [0.25, 0.3) is 0 Å². The first-order chi connectivity index (χ1) is 20.5. The zero-order chi connectivity index (χ0) is 29.2. The van der Waals surface area contributed by atoms with E-state index in [0.29, 0.717) is 33.3 Å². The number of amidine groups is 1. The fourth-order valence-corrected chi connectivity index (χ4v) is 5.34. The van der Waals surface area contributed by atoms with E-state index >= 15 is 0 Å². The first-order valence-corrected chi connectivity index (χ1v) is 13.8. The molecule has 0 saturated heterocycles. The van der Waals surface area contributed by atoms with Gasteiger partial charge in [-0.3, -0.25) is 9.69 Å². The van der Waals surface area contributed by atoms with E-state index in [1.807, 2.05) is 71.6 Å². The van der Waals surface area contributed by atoms with E-state index in [-0.39, 0.29) is 24.0 Å². The van der Waals surface area contributed by atoms with Crippen molar-refractivity contribution in [1.29, 1.82) is 0 Å². The van der Waals surface area contributed by atoms with Crippen molar-refractivity contribution in [1.82, 2.24) is 0 Å². The Bertz CT molecular complexity index is 1800. The first-order valence-electron chi connectivity index (χ1n) is 13.4. The van der Waals surface area contributed by atoms with Gasteiger partial charge in [0.15, 0.2) is 29.3 Å². The quantitative estimate of drug-likeness (QED) is 0.186. The molecule has 0 aromatic heterocycles. The highest BCUT2D eigenvalue weighted by atomic mass is 35.5. The van der Waals surface area contributed by atoms with Gasteiger partial charge in [-0.05, 0) is 47.9 Å². The summed E-state index contributed by atoms with van der Waals surface area (Å²) in [4.78, 5) is 15.1. The summed E-state index contributed by atoms with van der Waals surface area (Å²) in [6.07, 6.45) is -0.665. The summed E-state index contributed by atoms with van der Waals surface area (Å²) >= 11 is 6.23. The number of benzene rings is 5. The highest BCUT2D eigenvalue weighted by Gasteiger charge is 2.41. The monoisotopic (exact) mass is 579 g/mol. The first kappa shape index (κ1) is 27.3. The Kier molecular flexibility index (Phi) is 7.50. The van der Waals surface area contributed by atoms with Crippen LogP contribution in [-0.4, -0.2) is 18.7 Å². The fraction of sp³-hybridized carbons (Fsp3) is 0.118. The summed E-state index contributed by atoms with van der Waals surface area (Å²) in [6.45, 7) is 1.48. The molecule has 6 rings (SSSR count). The standard InChI is InChI=1S/C34H27ClFN3O3/c1-22(40)33-37-39(26-19-17-25(35)18-20-26)34(38(33)30-15-7-11-23-9-3-5-12-27(23)30)28-13-8-16-31(41-2)32(28)42-21-24-10-4-6-14-29(24)36/h3-20,34H,21H2,1-2H3. The number of methoxy groups -OCH3 is 1. The molecular formula is C34H27ClFN3O3. The smallest absolute Gasteiger partial charge is 0.198 e. The second kappa shape index (κ2) is 11.5. The third kappa shape index (κ3) is 5.03. The molecule has 0 aliphatic carbocycles. The number of hydrogen-bond donors (Lipinski definition) is 0. The van der Waals surface area contributed by atoms with Gasteiger partial charge in [0.1, 0.15) is 12.4 Å². The summed E-state index contributed by atoms with van der Waals surface area (Å²) in [5.41, 5.74) is 2.59. The number of rotatable bonds is 8. The molecule has 0 bridgehead atoms. The SMILES string of the molecule is COc1cccc(C2N(c3ccc(Cl)cc3)N=C(C(C)=O)N2c2cccc3ccccc23)c1OCc1ccccc1F. The molecule has 0 spiro atoms. The molecule has 0 amide bonds. The molecule has 1 unspecified atom stereocenters. The van der Waals surface area contributed by atoms with Crippen molar-refractivity contribution in [3.63, 3.8) is 0 Å². The molecule has 0 saturated carbocycles. The zero-order valence-electron chi connectivity index (χ0n) is 23.0. The van der Waals surface area contributed by atoms with Crippen molar-refractivity contribution in [2.75, 3.05) is 17.0 Å². The molecule has 5 aromatic carbocycles. The number of nitrogens with zero attached hydrogens (tertiary/aromatic N) is 3. The molecule has 6 nitrogen and oxygen atoms in total. The van der Waals surface area contributed by atoms with E-state index < -0.39 is 6.17 Å². The van der Waals surface area contributed by atoms with Crippen LogP contribution in [-0.2, 0) is 11.4 Å². The topological polar surface area (TPSA) is 54.4 Å². The van der Waals surface area contributed by atoms with E-state index in [0.717, 1.165) is 16.5 Å². The molecule has 1 heterocycles. The number of hydrazone groups is 1. The van der Waals surface area contributed by atoms with Crippen LogP contribution in [0.4, 0.5) is 15.8 Å². The van der Waals surface area contributed by atoms with Crippen LogP contribution >= 0.6 is 11.6 Å². The fourth-order valence-electron chi connectivity index (χ4n) is 5.21. The number of ketones is 1. The Morgan fingerprint density at radius 2 is 1.62 bits per heavy atom. The third-order valence-electron chi connectivity index (χ3n) is 7.18. The van der Waals surface area contributed by atoms with E-state index in [4.69, 9.17) is 26.2 Å². The predicted molar refractivity (Wildman–Crippen MR) is 165 cm³/mol. The van der Waals surface area contributed by atoms with E-state index in [2.05, 4.69) is 0 Å². The van der Waals surface area contributed by atoms with Gasteiger partial charge in [-0.1, -0.05) is 78.3 Å². The van der Waals surface area contributed by atoms with Crippen LogP contribution in [0.3, 0.4) is 0 Å². The highest BCUT2D eigenvalue weighted by molar-refractivity contribution is 6.44. The Labute approximate surface area is 248 Å². The summed E-state index contributed by atoms with van der Waals surface area (Å²) in [6, 6.07) is 33.2. The number of ether oxygens (including phenoxy) is 2. The number of fused-ring (bicyclic) bond motifs is 1. The third-order valence-corrected chi connectivity index (χ3v) is 7.43. The van der Waals surface area contributed by atoms with Crippen LogP contribution in [0.5, 0.6) is 11.5 Å². The van der Waals surface area contributed by atoms with Gasteiger partial charge in [-0.25, -0.2) is 9.40 Å². The van der Waals surface area contributed by atoms with Crippen molar-refractivity contribution in [2.24, 2.45) is 5.10 Å². The van der Waals surface area contributed by atoms with Crippen molar-refractivity contribution in [2.45, 2.75) is 19.7 Å². The molecule has 1 atom stereocenters. The lowest BCUT2D eigenvalue weighted by Crippen LogP contribution is -2.38. The predicted octanol–water partition coefficient (Wildman–Crippen LogP) is 8.15. The number of Topliss-reactive ketones (excluding diaryl/α,β-unsaturated/α-hetero) is 1. The molecule has 1 aliphatic heterocycles. The van der Waals surface area contributed by atoms with Crippen molar-refractivity contribution in [3.05, 3.63) is 131 Å². The molecule has 42 heavy (non-hydrogen) atoms. The van der Waals surface area contributed by atoms with Gasteiger partial charge in [0.2, 0.25) is 0 Å². The second-order valence-electron chi connectivity index (χ2n) is 9.80. The van der Waals surface area contributed by atoms with Gasteiger partial charge in [-0.15, -0.1) is 5.10 Å². The van der Waals surface area contributed by atoms with Crippen molar-refractivity contribution in [3.8, 4) is 11.5 Å². The molecule has 0 fully saturated rings. The Morgan fingerprint density at radius 1 is 0.905 bits per heavy atom. The van der Waals surface area contributed by atoms with Crippen LogP contribution in [0.2, 0.25) is 5.02 Å². The number of carbonyl (C=O) groups is 1. The zero-order valence-corrected chi connectivity index (χ0v) is 23.8.